The summed E-state index contributed by atoms with van der Waals surface area (Å²) in [6.07, 6.45) is 5.88. The summed E-state index contributed by atoms with van der Waals surface area (Å²) in [6.45, 7) is 0. The van der Waals surface area contributed by atoms with E-state index in [1.807, 2.05) is 28.8 Å². The molecule has 94 valence electrons. The van der Waals surface area contributed by atoms with E-state index in [0.717, 1.165) is 24.4 Å². The Morgan fingerprint density at radius 1 is 1.11 bits per heavy atom. The Morgan fingerprint density at radius 3 is 2.63 bits per heavy atom. The largest absolute Gasteiger partial charge is 0.399 e. The molecule has 3 aromatic rings. The minimum absolute atomic E-state index is 0.0177. The van der Waals surface area contributed by atoms with E-state index >= 15 is 0 Å². The van der Waals surface area contributed by atoms with Gasteiger partial charge in [0.15, 0.2) is 0 Å². The molecule has 5 heteroatoms. The molecule has 1 saturated carbocycles. The summed E-state index contributed by atoms with van der Waals surface area (Å²) in [6, 6.07) is 9.95. The molecule has 1 aliphatic rings. The van der Waals surface area contributed by atoms with Crippen molar-refractivity contribution in [1.29, 1.82) is 0 Å². The van der Waals surface area contributed by atoms with Gasteiger partial charge in [0.1, 0.15) is 5.82 Å². The van der Waals surface area contributed by atoms with Gasteiger partial charge >= 0.3 is 0 Å². The normalized spacial score (nSPS) is 16.6. The summed E-state index contributed by atoms with van der Waals surface area (Å²) in [7, 11) is 0. The molecular formula is C14H13N5. The third-order valence-electron chi connectivity index (χ3n) is 3.83. The van der Waals surface area contributed by atoms with Crippen LogP contribution in [0.15, 0.2) is 42.7 Å². The predicted molar refractivity (Wildman–Crippen MR) is 71.7 cm³/mol. The minimum atomic E-state index is -0.0177. The Balaban J connectivity index is 1.89. The summed E-state index contributed by atoms with van der Waals surface area (Å²) < 4.78 is 1.98. The zero-order chi connectivity index (χ0) is 12.9. The Kier molecular flexibility index (Phi) is 1.95. The van der Waals surface area contributed by atoms with E-state index in [4.69, 9.17) is 5.73 Å². The van der Waals surface area contributed by atoms with Crippen LogP contribution in [0.3, 0.4) is 0 Å². The van der Waals surface area contributed by atoms with Gasteiger partial charge in [-0.1, -0.05) is 12.1 Å². The van der Waals surface area contributed by atoms with Crippen molar-refractivity contribution in [3.8, 4) is 0 Å². The molecule has 0 spiro atoms. The summed E-state index contributed by atoms with van der Waals surface area (Å²) >= 11 is 0. The molecule has 0 aliphatic heterocycles. The average molecular weight is 251 g/mol. The van der Waals surface area contributed by atoms with Gasteiger partial charge in [-0.15, -0.1) is 10.2 Å². The molecule has 2 N–H and O–H groups in total. The lowest BCUT2D eigenvalue weighted by Gasteiger charge is -2.13. The van der Waals surface area contributed by atoms with Crippen LogP contribution < -0.4 is 5.73 Å². The first-order valence-electron chi connectivity index (χ1n) is 6.32. The number of hydrogen-bond donors (Lipinski definition) is 1. The van der Waals surface area contributed by atoms with Gasteiger partial charge in [-0.25, -0.2) is 4.98 Å². The lowest BCUT2D eigenvalue weighted by atomic mass is 9.95. The number of rotatable bonds is 2. The number of nitrogens with zero attached hydrogens (tertiary/aromatic N) is 4. The summed E-state index contributed by atoms with van der Waals surface area (Å²) in [5.41, 5.74) is 7.77. The van der Waals surface area contributed by atoms with E-state index in [2.05, 4.69) is 27.3 Å². The Morgan fingerprint density at radius 2 is 1.89 bits per heavy atom. The molecule has 1 aliphatic carbocycles. The first-order chi connectivity index (χ1) is 9.29. The van der Waals surface area contributed by atoms with Crippen molar-refractivity contribution in [2.24, 2.45) is 0 Å². The van der Waals surface area contributed by atoms with Crippen molar-refractivity contribution in [3.05, 3.63) is 54.1 Å². The minimum Gasteiger partial charge on any atom is -0.399 e. The van der Waals surface area contributed by atoms with Crippen LogP contribution in [0.2, 0.25) is 0 Å². The molecule has 0 atom stereocenters. The number of anilines is 1. The van der Waals surface area contributed by atoms with Crippen LogP contribution in [0.1, 0.15) is 24.2 Å². The van der Waals surface area contributed by atoms with Gasteiger partial charge in [-0.05, 0) is 36.6 Å². The van der Waals surface area contributed by atoms with Crippen LogP contribution in [0.5, 0.6) is 0 Å². The van der Waals surface area contributed by atoms with Crippen molar-refractivity contribution in [1.82, 2.24) is 19.6 Å². The fourth-order valence-corrected chi connectivity index (χ4v) is 2.64. The topological polar surface area (TPSA) is 69.1 Å². The molecule has 0 radical (unpaired) electrons. The van der Waals surface area contributed by atoms with Gasteiger partial charge in [0.05, 0.1) is 5.41 Å². The Labute approximate surface area is 110 Å². The van der Waals surface area contributed by atoms with Crippen molar-refractivity contribution in [2.75, 3.05) is 5.73 Å². The third-order valence-corrected chi connectivity index (χ3v) is 3.83. The maximum absolute atomic E-state index is 5.76. The molecule has 4 rings (SSSR count). The number of nitrogens with two attached hydrogens (primary N) is 1. The van der Waals surface area contributed by atoms with E-state index < -0.39 is 0 Å². The molecule has 0 unspecified atom stereocenters. The SMILES string of the molecule is Nc1ccc(C2(c3nnc4ncccn34)CC2)cc1. The molecule has 2 heterocycles. The van der Waals surface area contributed by atoms with E-state index in [1.54, 1.807) is 6.20 Å². The Bertz CT molecular complexity index is 740. The average Bonchev–Trinajstić information content (AvgIpc) is 3.13. The van der Waals surface area contributed by atoms with Gasteiger partial charge in [0.2, 0.25) is 0 Å². The molecular weight excluding hydrogens is 238 g/mol. The molecule has 5 nitrogen and oxygen atoms in total. The molecule has 1 aromatic carbocycles. The van der Waals surface area contributed by atoms with Crippen LogP contribution in [0.25, 0.3) is 5.78 Å². The molecule has 0 amide bonds. The van der Waals surface area contributed by atoms with Crippen LogP contribution >= 0.6 is 0 Å². The highest BCUT2D eigenvalue weighted by Gasteiger charge is 2.49. The fourth-order valence-electron chi connectivity index (χ4n) is 2.64. The zero-order valence-corrected chi connectivity index (χ0v) is 10.3. The summed E-state index contributed by atoms with van der Waals surface area (Å²) in [5, 5.41) is 8.49. The predicted octanol–water partition coefficient (Wildman–Crippen LogP) is 1.79. The standard InChI is InChI=1S/C14H13N5/c15-11-4-2-10(3-5-11)14(6-7-14)12-17-18-13-16-8-1-9-19(12)13/h1-5,8-9H,6-7,15H2. The monoisotopic (exact) mass is 251 g/mol. The maximum atomic E-state index is 5.76. The number of hydrogen-bond acceptors (Lipinski definition) is 4. The van der Waals surface area contributed by atoms with Gasteiger partial charge in [0, 0.05) is 18.1 Å². The second-order valence-corrected chi connectivity index (χ2v) is 5.02. The first kappa shape index (κ1) is 10.5. The van der Waals surface area contributed by atoms with Gasteiger partial charge in [-0.2, -0.15) is 0 Å². The quantitative estimate of drug-likeness (QED) is 0.705. The fraction of sp³-hybridized carbons (Fsp3) is 0.214. The highest BCUT2D eigenvalue weighted by molar-refractivity contribution is 5.47. The van der Waals surface area contributed by atoms with Crippen LogP contribution in [-0.4, -0.2) is 19.6 Å². The van der Waals surface area contributed by atoms with E-state index in [-0.39, 0.29) is 5.41 Å². The third kappa shape index (κ3) is 1.44. The molecule has 19 heavy (non-hydrogen) atoms. The maximum Gasteiger partial charge on any atom is 0.254 e. The van der Waals surface area contributed by atoms with Gasteiger partial charge < -0.3 is 5.73 Å². The van der Waals surface area contributed by atoms with Crippen molar-refractivity contribution >= 4 is 11.5 Å². The lowest BCUT2D eigenvalue weighted by Crippen LogP contribution is -2.13. The van der Waals surface area contributed by atoms with Gasteiger partial charge in [0.25, 0.3) is 5.78 Å². The number of aromatic nitrogens is 4. The second-order valence-electron chi connectivity index (χ2n) is 5.02. The highest BCUT2D eigenvalue weighted by atomic mass is 15.3. The first-order valence-corrected chi connectivity index (χ1v) is 6.32. The van der Waals surface area contributed by atoms with Crippen molar-refractivity contribution in [2.45, 2.75) is 18.3 Å². The van der Waals surface area contributed by atoms with Crippen molar-refractivity contribution in [3.63, 3.8) is 0 Å². The van der Waals surface area contributed by atoms with Crippen molar-refractivity contribution < 1.29 is 0 Å². The van der Waals surface area contributed by atoms with E-state index in [0.29, 0.717) is 5.78 Å². The highest BCUT2D eigenvalue weighted by Crippen LogP contribution is 2.52. The lowest BCUT2D eigenvalue weighted by molar-refractivity contribution is 0.739. The van der Waals surface area contributed by atoms with E-state index in [1.165, 1.54) is 5.56 Å². The number of fused-ring (bicyclic) bond motifs is 1. The summed E-state index contributed by atoms with van der Waals surface area (Å²) in [5.74, 6) is 1.62. The van der Waals surface area contributed by atoms with Crippen LogP contribution in [-0.2, 0) is 5.41 Å². The molecule has 2 aromatic heterocycles. The molecule has 1 fully saturated rings. The number of nitrogen functional groups attached to an aromatic ring is 1. The zero-order valence-electron chi connectivity index (χ0n) is 10.3. The van der Waals surface area contributed by atoms with Gasteiger partial charge in [-0.3, -0.25) is 4.40 Å². The smallest absolute Gasteiger partial charge is 0.254 e. The van der Waals surface area contributed by atoms with Crippen LogP contribution in [0.4, 0.5) is 5.69 Å². The van der Waals surface area contributed by atoms with E-state index in [9.17, 15) is 0 Å². The summed E-state index contributed by atoms with van der Waals surface area (Å²) in [4.78, 5) is 4.22. The second kappa shape index (κ2) is 3.54. The Hall–Kier alpha value is -2.43. The molecule has 0 saturated heterocycles. The van der Waals surface area contributed by atoms with Crippen LogP contribution in [0, 0.1) is 0 Å². The molecule has 0 bridgehead atoms. The number of benzene rings is 1.